The lowest BCUT2D eigenvalue weighted by atomic mass is 10.1. The van der Waals surface area contributed by atoms with Crippen LogP contribution < -0.4 is 10.2 Å². The van der Waals surface area contributed by atoms with Crippen LogP contribution in [0.1, 0.15) is 17.3 Å². The van der Waals surface area contributed by atoms with Crippen LogP contribution in [0.3, 0.4) is 0 Å². The third-order valence-electron chi connectivity index (χ3n) is 5.70. The van der Waals surface area contributed by atoms with Gasteiger partial charge in [-0.3, -0.25) is 19.8 Å². The molecule has 0 bridgehead atoms. The molecule has 0 radical (unpaired) electrons. The van der Waals surface area contributed by atoms with Crippen molar-refractivity contribution < 1.29 is 19.2 Å². The van der Waals surface area contributed by atoms with Gasteiger partial charge in [-0.2, -0.15) is 0 Å². The highest BCUT2D eigenvalue weighted by Gasteiger charge is 2.25. The van der Waals surface area contributed by atoms with Crippen LogP contribution in [-0.4, -0.2) is 61.0 Å². The van der Waals surface area contributed by atoms with Gasteiger partial charge in [-0.1, -0.05) is 42.5 Å². The molecule has 1 saturated heterocycles. The molecule has 3 aromatic rings. The first-order valence-electron chi connectivity index (χ1n) is 11.3. The van der Waals surface area contributed by atoms with Crippen LogP contribution in [0.4, 0.5) is 16.4 Å². The molecule has 1 fully saturated rings. The highest BCUT2D eigenvalue weighted by atomic mass is 32.1. The molecule has 0 saturated carbocycles. The molecule has 0 spiro atoms. The fraction of sp³-hybridized carbons (Fsp3) is 0.280. The summed E-state index contributed by atoms with van der Waals surface area (Å²) in [5, 5.41) is 14.7. The van der Waals surface area contributed by atoms with Gasteiger partial charge in [0.05, 0.1) is 23.6 Å². The molecule has 35 heavy (non-hydrogen) atoms. The van der Waals surface area contributed by atoms with Gasteiger partial charge in [-0.25, -0.2) is 4.79 Å². The first kappa shape index (κ1) is 24.4. The molecule has 1 amide bonds. The predicted molar refractivity (Wildman–Crippen MR) is 136 cm³/mol. The summed E-state index contributed by atoms with van der Waals surface area (Å²) in [5.74, 6) is -0.699. The third kappa shape index (κ3) is 5.84. The van der Waals surface area contributed by atoms with E-state index in [1.165, 1.54) is 17.4 Å². The van der Waals surface area contributed by atoms with Crippen LogP contribution in [0.25, 0.3) is 10.4 Å². The molecule has 1 aliphatic rings. The zero-order valence-corrected chi connectivity index (χ0v) is 20.1. The number of nitro benzene ring substituents is 1. The molecular weight excluding hydrogens is 468 g/mol. The van der Waals surface area contributed by atoms with Crippen molar-refractivity contribution in [2.24, 2.45) is 0 Å². The van der Waals surface area contributed by atoms with Crippen LogP contribution in [-0.2, 0) is 9.53 Å². The Labute approximate surface area is 207 Å². The lowest BCUT2D eigenvalue weighted by Gasteiger charge is -2.35. The average Bonchev–Trinajstić information content (AvgIpc) is 3.29. The molecule has 4 rings (SSSR count). The number of thiophene rings is 1. The quantitative estimate of drug-likeness (QED) is 0.283. The standard InChI is InChI=1S/C25H26N4O5S/c1-2-34-25(31)19-16-22(18-8-4-3-5-9-18)35-24(19)26-23(30)17-27-12-14-28(15-13-27)20-10-6-7-11-21(20)29(32)33/h3-11,16H,2,12-15,17H2,1H3,(H,26,30). The maximum Gasteiger partial charge on any atom is 0.341 e. The van der Waals surface area contributed by atoms with Gasteiger partial charge in [0.1, 0.15) is 10.7 Å². The zero-order valence-electron chi connectivity index (χ0n) is 19.3. The number of carbonyl (C=O) groups excluding carboxylic acids is 2. The number of rotatable bonds is 8. The Kier molecular flexibility index (Phi) is 7.74. The molecule has 0 atom stereocenters. The second kappa shape index (κ2) is 11.1. The largest absolute Gasteiger partial charge is 0.462 e. The normalized spacial score (nSPS) is 13.9. The Balaban J connectivity index is 1.40. The Bertz CT molecular complexity index is 1210. The molecule has 10 heteroatoms. The number of piperazine rings is 1. The Morgan fingerprint density at radius 3 is 2.43 bits per heavy atom. The Hall–Kier alpha value is -3.76. The van der Waals surface area contributed by atoms with E-state index in [0.29, 0.717) is 42.4 Å². The predicted octanol–water partition coefficient (Wildman–Crippen LogP) is 4.26. The van der Waals surface area contributed by atoms with Crippen molar-refractivity contribution in [3.63, 3.8) is 0 Å². The number of esters is 1. The second-order valence-corrected chi connectivity index (χ2v) is 9.05. The minimum absolute atomic E-state index is 0.0807. The molecule has 182 valence electrons. The monoisotopic (exact) mass is 494 g/mol. The molecule has 9 nitrogen and oxygen atoms in total. The number of para-hydroxylation sites is 2. The van der Waals surface area contributed by atoms with Gasteiger partial charge in [0.15, 0.2) is 0 Å². The van der Waals surface area contributed by atoms with Crippen LogP contribution >= 0.6 is 11.3 Å². The molecule has 2 aromatic carbocycles. The van der Waals surface area contributed by atoms with E-state index in [1.54, 1.807) is 31.2 Å². The molecule has 0 aliphatic carbocycles. The fourth-order valence-electron chi connectivity index (χ4n) is 3.99. The molecule has 1 aromatic heterocycles. The summed E-state index contributed by atoms with van der Waals surface area (Å²) in [6, 6.07) is 18.1. The van der Waals surface area contributed by atoms with Crippen LogP contribution in [0.5, 0.6) is 0 Å². The number of nitrogens with zero attached hydrogens (tertiary/aromatic N) is 3. The number of nitro groups is 1. The minimum atomic E-state index is -0.473. The summed E-state index contributed by atoms with van der Waals surface area (Å²) in [7, 11) is 0. The SMILES string of the molecule is CCOC(=O)c1cc(-c2ccccc2)sc1NC(=O)CN1CCN(c2ccccc2[N+](=O)[O-])CC1. The van der Waals surface area contributed by atoms with Gasteiger partial charge >= 0.3 is 5.97 Å². The van der Waals surface area contributed by atoms with E-state index in [9.17, 15) is 19.7 Å². The first-order valence-corrected chi connectivity index (χ1v) is 12.1. The average molecular weight is 495 g/mol. The van der Waals surface area contributed by atoms with Gasteiger partial charge in [-0.05, 0) is 24.6 Å². The van der Waals surface area contributed by atoms with Gasteiger partial charge in [-0.15, -0.1) is 11.3 Å². The van der Waals surface area contributed by atoms with Crippen molar-refractivity contribution >= 4 is 39.6 Å². The Morgan fingerprint density at radius 1 is 1.06 bits per heavy atom. The van der Waals surface area contributed by atoms with Gasteiger partial charge in [0, 0.05) is 37.1 Å². The molecule has 1 aliphatic heterocycles. The minimum Gasteiger partial charge on any atom is -0.462 e. The third-order valence-corrected chi connectivity index (χ3v) is 6.80. The molecule has 0 unspecified atom stereocenters. The van der Waals surface area contributed by atoms with Crippen LogP contribution in [0.15, 0.2) is 60.7 Å². The molecule has 2 heterocycles. The number of anilines is 2. The van der Waals surface area contributed by atoms with Gasteiger partial charge in [0.2, 0.25) is 5.91 Å². The number of ether oxygens (including phenoxy) is 1. The van der Waals surface area contributed by atoms with E-state index in [2.05, 4.69) is 5.32 Å². The highest BCUT2D eigenvalue weighted by Crippen LogP contribution is 2.36. The maximum absolute atomic E-state index is 12.9. The van der Waals surface area contributed by atoms with Crippen molar-refractivity contribution in [1.82, 2.24) is 4.90 Å². The fourth-order valence-corrected chi connectivity index (χ4v) is 5.06. The lowest BCUT2D eigenvalue weighted by Crippen LogP contribution is -2.48. The summed E-state index contributed by atoms with van der Waals surface area (Å²) < 4.78 is 5.18. The smallest absolute Gasteiger partial charge is 0.341 e. The number of amides is 1. The number of hydrogen-bond donors (Lipinski definition) is 1. The summed E-state index contributed by atoms with van der Waals surface area (Å²) in [4.78, 5) is 41.1. The van der Waals surface area contributed by atoms with Crippen molar-refractivity contribution in [1.29, 1.82) is 0 Å². The van der Waals surface area contributed by atoms with Crippen LogP contribution in [0.2, 0.25) is 0 Å². The van der Waals surface area contributed by atoms with E-state index in [4.69, 9.17) is 4.74 Å². The van der Waals surface area contributed by atoms with Crippen molar-refractivity contribution in [3.05, 3.63) is 76.3 Å². The summed E-state index contributed by atoms with van der Waals surface area (Å²) in [5.41, 5.74) is 1.96. The molecule has 1 N–H and O–H groups in total. The van der Waals surface area contributed by atoms with E-state index in [-0.39, 0.29) is 29.7 Å². The summed E-state index contributed by atoms with van der Waals surface area (Å²) in [6.07, 6.45) is 0. The number of hydrogen-bond acceptors (Lipinski definition) is 8. The van der Waals surface area contributed by atoms with E-state index in [0.717, 1.165) is 10.4 Å². The van der Waals surface area contributed by atoms with Crippen molar-refractivity contribution in [2.75, 3.05) is 49.5 Å². The highest BCUT2D eigenvalue weighted by molar-refractivity contribution is 7.20. The first-order chi connectivity index (χ1) is 17.0. The Morgan fingerprint density at radius 2 is 1.74 bits per heavy atom. The van der Waals surface area contributed by atoms with Crippen LogP contribution in [0, 0.1) is 10.1 Å². The van der Waals surface area contributed by atoms with Gasteiger partial charge < -0.3 is 15.0 Å². The van der Waals surface area contributed by atoms with E-state index < -0.39 is 5.97 Å². The van der Waals surface area contributed by atoms with Gasteiger partial charge in [0.25, 0.3) is 5.69 Å². The number of nitrogens with one attached hydrogen (secondary N) is 1. The lowest BCUT2D eigenvalue weighted by molar-refractivity contribution is -0.384. The van der Waals surface area contributed by atoms with Crippen molar-refractivity contribution in [3.8, 4) is 10.4 Å². The summed E-state index contributed by atoms with van der Waals surface area (Å²) >= 11 is 1.34. The number of benzene rings is 2. The topological polar surface area (TPSA) is 105 Å². The second-order valence-electron chi connectivity index (χ2n) is 8.00. The maximum atomic E-state index is 12.9. The molecular formula is C25H26N4O5S. The summed E-state index contributed by atoms with van der Waals surface area (Å²) in [6.45, 7) is 4.46. The zero-order chi connectivity index (χ0) is 24.8. The van der Waals surface area contributed by atoms with Crippen molar-refractivity contribution in [2.45, 2.75) is 6.92 Å². The number of carbonyl (C=O) groups is 2. The van der Waals surface area contributed by atoms with E-state index in [1.807, 2.05) is 40.1 Å². The van der Waals surface area contributed by atoms with E-state index >= 15 is 0 Å².